The highest BCUT2D eigenvalue weighted by atomic mass is 19.4. The van der Waals surface area contributed by atoms with Crippen molar-refractivity contribution in [3.05, 3.63) is 11.1 Å². The molecule has 0 fully saturated rings. The fourth-order valence-corrected chi connectivity index (χ4v) is 2.64. The van der Waals surface area contributed by atoms with Crippen molar-refractivity contribution in [1.29, 1.82) is 0 Å². The number of halogens is 3. The van der Waals surface area contributed by atoms with Crippen LogP contribution in [0.5, 0.6) is 0 Å². The molecular formula is C14H21F3N2O2. The highest BCUT2D eigenvalue weighted by Gasteiger charge is 2.36. The molecule has 0 aromatic rings. The zero-order valence-electron chi connectivity index (χ0n) is 12.6. The van der Waals surface area contributed by atoms with Crippen LogP contribution in [0.2, 0.25) is 0 Å². The summed E-state index contributed by atoms with van der Waals surface area (Å²) in [5.74, 6) is 0. The van der Waals surface area contributed by atoms with Crippen LogP contribution in [0.4, 0.5) is 18.0 Å². The van der Waals surface area contributed by atoms with Gasteiger partial charge in [-0.15, -0.1) is 0 Å². The van der Waals surface area contributed by atoms with Gasteiger partial charge in [-0.3, -0.25) is 4.90 Å². The fourth-order valence-electron chi connectivity index (χ4n) is 2.64. The number of carbonyl (C=O) groups excluding carboxylic acids is 1. The molecule has 0 atom stereocenters. The molecule has 2 rings (SSSR count). The Bertz CT molecular complexity index is 452. The van der Waals surface area contributed by atoms with E-state index in [4.69, 9.17) is 4.74 Å². The molecule has 0 N–H and O–H groups in total. The van der Waals surface area contributed by atoms with Crippen LogP contribution in [-0.2, 0) is 4.74 Å². The third-order valence-corrected chi connectivity index (χ3v) is 3.46. The van der Waals surface area contributed by atoms with Gasteiger partial charge >= 0.3 is 12.3 Å². The molecule has 21 heavy (non-hydrogen) atoms. The fraction of sp³-hybridized carbons (Fsp3) is 0.786. The summed E-state index contributed by atoms with van der Waals surface area (Å²) in [6.07, 6.45) is -3.99. The molecule has 0 aromatic carbocycles. The Morgan fingerprint density at radius 3 is 2.33 bits per heavy atom. The molecule has 2 aliphatic rings. The number of rotatable bonds is 1. The van der Waals surface area contributed by atoms with Gasteiger partial charge in [0.05, 0.1) is 6.54 Å². The van der Waals surface area contributed by atoms with Gasteiger partial charge in [0, 0.05) is 26.2 Å². The Balaban J connectivity index is 1.91. The summed E-state index contributed by atoms with van der Waals surface area (Å²) in [6, 6.07) is 0. The van der Waals surface area contributed by atoms with E-state index >= 15 is 0 Å². The van der Waals surface area contributed by atoms with Crippen molar-refractivity contribution in [2.45, 2.75) is 39.0 Å². The Labute approximate surface area is 122 Å². The minimum atomic E-state index is -4.18. The molecule has 0 unspecified atom stereocenters. The second-order valence-electron chi connectivity index (χ2n) is 6.62. The normalized spacial score (nSPS) is 20.8. The van der Waals surface area contributed by atoms with Gasteiger partial charge in [-0.2, -0.15) is 13.2 Å². The summed E-state index contributed by atoms with van der Waals surface area (Å²) in [6.45, 7) is 6.01. The topological polar surface area (TPSA) is 32.8 Å². The predicted molar refractivity (Wildman–Crippen MR) is 71.9 cm³/mol. The molecule has 4 nitrogen and oxygen atoms in total. The number of carbonyl (C=O) groups is 1. The Morgan fingerprint density at radius 2 is 1.76 bits per heavy atom. The molecule has 0 spiro atoms. The highest BCUT2D eigenvalue weighted by Crippen LogP contribution is 2.28. The van der Waals surface area contributed by atoms with Crippen LogP contribution < -0.4 is 0 Å². The van der Waals surface area contributed by atoms with E-state index in [1.807, 2.05) is 0 Å². The van der Waals surface area contributed by atoms with Crippen LogP contribution in [0, 0.1) is 0 Å². The van der Waals surface area contributed by atoms with Crippen LogP contribution in [0.1, 0.15) is 27.2 Å². The maximum Gasteiger partial charge on any atom is 0.410 e. The van der Waals surface area contributed by atoms with E-state index in [1.54, 1.807) is 25.7 Å². The number of alkyl halides is 3. The molecule has 2 heterocycles. The number of amides is 1. The van der Waals surface area contributed by atoms with E-state index in [-0.39, 0.29) is 6.54 Å². The molecule has 0 aliphatic carbocycles. The lowest BCUT2D eigenvalue weighted by atomic mass is 10.0. The van der Waals surface area contributed by atoms with E-state index in [9.17, 15) is 18.0 Å². The number of nitrogens with zero attached hydrogens (tertiary/aromatic N) is 2. The Kier molecular flexibility index (Phi) is 4.24. The maximum absolute atomic E-state index is 12.4. The van der Waals surface area contributed by atoms with Crippen LogP contribution in [-0.4, -0.2) is 60.4 Å². The van der Waals surface area contributed by atoms with E-state index in [2.05, 4.69) is 0 Å². The van der Waals surface area contributed by atoms with Crippen LogP contribution in [0.15, 0.2) is 11.1 Å². The van der Waals surface area contributed by atoms with Gasteiger partial charge < -0.3 is 9.64 Å². The largest absolute Gasteiger partial charge is 0.444 e. The van der Waals surface area contributed by atoms with E-state index in [0.717, 1.165) is 11.1 Å². The summed E-state index contributed by atoms with van der Waals surface area (Å²) in [7, 11) is 0. The van der Waals surface area contributed by atoms with Gasteiger partial charge in [0.15, 0.2) is 0 Å². The molecule has 7 heteroatoms. The molecule has 2 aliphatic heterocycles. The minimum Gasteiger partial charge on any atom is -0.444 e. The molecule has 0 bridgehead atoms. The predicted octanol–water partition coefficient (Wildman–Crippen LogP) is 2.80. The first kappa shape index (κ1) is 16.1. The van der Waals surface area contributed by atoms with Gasteiger partial charge in [0.25, 0.3) is 0 Å². The summed E-state index contributed by atoms with van der Waals surface area (Å²) in [5, 5.41) is 0. The first-order valence-corrected chi connectivity index (χ1v) is 7.00. The molecular weight excluding hydrogens is 285 g/mol. The summed E-state index contributed by atoms with van der Waals surface area (Å²) >= 11 is 0. The highest BCUT2D eigenvalue weighted by molar-refractivity contribution is 5.70. The zero-order valence-corrected chi connectivity index (χ0v) is 12.6. The number of hydrogen-bond donors (Lipinski definition) is 0. The van der Waals surface area contributed by atoms with Gasteiger partial charge in [-0.25, -0.2) is 4.79 Å². The van der Waals surface area contributed by atoms with Crippen molar-refractivity contribution < 1.29 is 22.7 Å². The molecule has 0 aromatic heterocycles. The third-order valence-electron chi connectivity index (χ3n) is 3.46. The van der Waals surface area contributed by atoms with Gasteiger partial charge in [0.1, 0.15) is 5.60 Å². The van der Waals surface area contributed by atoms with Crippen molar-refractivity contribution >= 4 is 6.09 Å². The first-order chi connectivity index (χ1) is 9.53. The minimum absolute atomic E-state index is 0.286. The van der Waals surface area contributed by atoms with Gasteiger partial charge in [-0.05, 0) is 38.3 Å². The second kappa shape index (κ2) is 5.51. The van der Waals surface area contributed by atoms with Gasteiger partial charge in [-0.1, -0.05) is 0 Å². The number of hydrogen-bond acceptors (Lipinski definition) is 3. The lowest BCUT2D eigenvalue weighted by molar-refractivity contribution is -0.145. The Hall–Kier alpha value is -1.24. The lowest BCUT2D eigenvalue weighted by Crippen LogP contribution is -2.39. The van der Waals surface area contributed by atoms with E-state index < -0.39 is 24.4 Å². The molecule has 0 saturated carbocycles. The Morgan fingerprint density at radius 1 is 1.14 bits per heavy atom. The van der Waals surface area contributed by atoms with Crippen molar-refractivity contribution in [1.82, 2.24) is 9.80 Å². The quantitative estimate of drug-likeness (QED) is 0.698. The van der Waals surface area contributed by atoms with Crippen molar-refractivity contribution in [2.24, 2.45) is 0 Å². The summed E-state index contributed by atoms with van der Waals surface area (Å²) in [5.41, 5.74) is 1.44. The van der Waals surface area contributed by atoms with Crippen LogP contribution >= 0.6 is 0 Å². The average molecular weight is 306 g/mol. The van der Waals surface area contributed by atoms with E-state index in [1.165, 1.54) is 4.90 Å². The van der Waals surface area contributed by atoms with Gasteiger partial charge in [0.2, 0.25) is 0 Å². The van der Waals surface area contributed by atoms with Crippen molar-refractivity contribution in [3.63, 3.8) is 0 Å². The number of ether oxygens (including phenoxy) is 1. The average Bonchev–Trinajstić information content (AvgIpc) is 2.67. The molecule has 120 valence electrons. The molecule has 0 radical (unpaired) electrons. The maximum atomic E-state index is 12.4. The van der Waals surface area contributed by atoms with Crippen molar-refractivity contribution in [3.8, 4) is 0 Å². The van der Waals surface area contributed by atoms with Crippen molar-refractivity contribution in [2.75, 3.05) is 32.7 Å². The smallest absolute Gasteiger partial charge is 0.410 e. The monoisotopic (exact) mass is 306 g/mol. The van der Waals surface area contributed by atoms with Crippen LogP contribution in [0.25, 0.3) is 0 Å². The lowest BCUT2D eigenvalue weighted by Gasteiger charge is -2.28. The van der Waals surface area contributed by atoms with E-state index in [0.29, 0.717) is 26.1 Å². The summed E-state index contributed by atoms with van der Waals surface area (Å²) < 4.78 is 42.6. The van der Waals surface area contributed by atoms with Crippen LogP contribution in [0.3, 0.4) is 0 Å². The molecule has 0 saturated heterocycles. The SMILES string of the molecule is CC(C)(C)OC(=O)N1CC2=C(CN(CC(F)(F)F)CC2)C1. The summed E-state index contributed by atoms with van der Waals surface area (Å²) in [4.78, 5) is 14.9. The second-order valence-corrected chi connectivity index (χ2v) is 6.62. The first-order valence-electron chi connectivity index (χ1n) is 7.00. The third kappa shape index (κ3) is 4.62. The zero-order chi connectivity index (χ0) is 15.8. The molecule has 1 amide bonds. The standard InChI is InChI=1S/C14H21F3N2O2/c1-13(2,3)21-12(20)19-7-10-4-5-18(6-11(10)8-19)9-14(15,16)17/h4-9H2,1-3H3.